The third-order valence-electron chi connectivity index (χ3n) is 4.37. The molecule has 3 heteroatoms. The summed E-state index contributed by atoms with van der Waals surface area (Å²) in [6.45, 7) is 6.07. The van der Waals surface area contributed by atoms with E-state index in [9.17, 15) is 10.2 Å². The van der Waals surface area contributed by atoms with Crippen LogP contribution in [0.4, 0.5) is 5.69 Å². The van der Waals surface area contributed by atoms with Gasteiger partial charge in [0.15, 0.2) is 0 Å². The van der Waals surface area contributed by atoms with Crippen LogP contribution in [0.25, 0.3) is 0 Å². The van der Waals surface area contributed by atoms with E-state index in [1.807, 2.05) is 12.1 Å². The Kier molecular flexibility index (Phi) is 5.30. The van der Waals surface area contributed by atoms with Crippen molar-refractivity contribution in [3.8, 4) is 5.75 Å². The fraction of sp³-hybridized carbons (Fsp3) is 0.647. The van der Waals surface area contributed by atoms with Gasteiger partial charge in [0, 0.05) is 30.4 Å². The number of phenols is 1. The molecule has 20 heavy (non-hydrogen) atoms. The summed E-state index contributed by atoms with van der Waals surface area (Å²) in [6.07, 6.45) is 5.77. The quantitative estimate of drug-likeness (QED) is 0.878. The van der Waals surface area contributed by atoms with Gasteiger partial charge < -0.3 is 15.1 Å². The molecule has 1 aliphatic heterocycles. The molecule has 1 fully saturated rings. The summed E-state index contributed by atoms with van der Waals surface area (Å²) < 4.78 is 0. The summed E-state index contributed by atoms with van der Waals surface area (Å²) in [5, 5.41) is 19.6. The molecule has 1 aromatic carbocycles. The molecule has 0 aromatic heterocycles. The normalized spacial score (nSPS) is 21.6. The van der Waals surface area contributed by atoms with Crippen molar-refractivity contribution in [2.75, 3.05) is 18.0 Å². The second-order valence-electron chi connectivity index (χ2n) is 5.99. The molecule has 0 bridgehead atoms. The number of rotatable bonds is 4. The second-order valence-corrected chi connectivity index (χ2v) is 5.99. The van der Waals surface area contributed by atoms with Gasteiger partial charge in [0.2, 0.25) is 0 Å². The smallest absolute Gasteiger partial charge is 0.123 e. The number of phenolic OH excluding ortho intramolecular Hbond substituents is 1. The first-order valence-corrected chi connectivity index (χ1v) is 7.87. The summed E-state index contributed by atoms with van der Waals surface area (Å²) >= 11 is 0. The summed E-state index contributed by atoms with van der Waals surface area (Å²) in [4.78, 5) is 2.36. The Balaban J connectivity index is 2.06. The number of hydrogen-bond donors (Lipinski definition) is 2. The molecule has 3 nitrogen and oxygen atoms in total. The predicted octanol–water partition coefficient (Wildman–Crippen LogP) is 3.85. The molecule has 2 rings (SSSR count). The van der Waals surface area contributed by atoms with E-state index in [-0.39, 0.29) is 5.75 Å². The number of anilines is 1. The standard InChI is InChI=1S/C17H27NO2/c1-3-5-14-6-4-10-18(11-9-14)15-7-8-16(13(2)19)17(20)12-15/h7-8,12-14,19-20H,3-6,9-11H2,1-2H3. The number of hydrogen-bond acceptors (Lipinski definition) is 3. The first-order valence-electron chi connectivity index (χ1n) is 7.87. The highest BCUT2D eigenvalue weighted by atomic mass is 16.3. The van der Waals surface area contributed by atoms with Gasteiger partial charge in [-0.25, -0.2) is 0 Å². The van der Waals surface area contributed by atoms with Crippen molar-refractivity contribution < 1.29 is 10.2 Å². The molecule has 1 aromatic rings. The molecule has 112 valence electrons. The molecule has 2 unspecified atom stereocenters. The van der Waals surface area contributed by atoms with E-state index in [1.54, 1.807) is 13.0 Å². The number of nitrogens with zero attached hydrogens (tertiary/aromatic N) is 1. The maximum absolute atomic E-state index is 10.0. The van der Waals surface area contributed by atoms with Crippen LogP contribution in [0.3, 0.4) is 0 Å². The zero-order chi connectivity index (χ0) is 14.5. The van der Waals surface area contributed by atoms with Gasteiger partial charge >= 0.3 is 0 Å². The highest BCUT2D eigenvalue weighted by molar-refractivity contribution is 5.54. The predicted molar refractivity (Wildman–Crippen MR) is 83.2 cm³/mol. The molecule has 0 saturated carbocycles. The third-order valence-corrected chi connectivity index (χ3v) is 4.37. The lowest BCUT2D eigenvalue weighted by atomic mass is 9.96. The molecular formula is C17H27NO2. The third kappa shape index (κ3) is 3.66. The molecule has 1 saturated heterocycles. The number of aliphatic hydroxyl groups excluding tert-OH is 1. The van der Waals surface area contributed by atoms with Crippen LogP contribution >= 0.6 is 0 Å². The first kappa shape index (κ1) is 15.2. The van der Waals surface area contributed by atoms with E-state index in [2.05, 4.69) is 11.8 Å². The molecule has 0 radical (unpaired) electrons. The van der Waals surface area contributed by atoms with E-state index in [1.165, 1.54) is 32.1 Å². The Labute approximate surface area is 122 Å². The second kappa shape index (κ2) is 6.98. The Morgan fingerprint density at radius 2 is 2.10 bits per heavy atom. The van der Waals surface area contributed by atoms with E-state index >= 15 is 0 Å². The number of benzene rings is 1. The van der Waals surface area contributed by atoms with Crippen LogP contribution in [0, 0.1) is 5.92 Å². The van der Waals surface area contributed by atoms with Gasteiger partial charge in [-0.05, 0) is 38.2 Å². The highest BCUT2D eigenvalue weighted by Gasteiger charge is 2.18. The first-order chi connectivity index (χ1) is 9.61. The van der Waals surface area contributed by atoms with Crippen molar-refractivity contribution in [3.05, 3.63) is 23.8 Å². The van der Waals surface area contributed by atoms with Gasteiger partial charge in [0.25, 0.3) is 0 Å². The Morgan fingerprint density at radius 3 is 2.75 bits per heavy atom. The maximum atomic E-state index is 10.0. The van der Waals surface area contributed by atoms with Gasteiger partial charge in [0.05, 0.1) is 6.10 Å². The minimum atomic E-state index is -0.623. The monoisotopic (exact) mass is 277 g/mol. The fourth-order valence-corrected chi connectivity index (χ4v) is 3.20. The zero-order valence-electron chi connectivity index (χ0n) is 12.7. The lowest BCUT2D eigenvalue weighted by molar-refractivity contribution is 0.195. The lowest BCUT2D eigenvalue weighted by Crippen LogP contribution is -2.24. The van der Waals surface area contributed by atoms with Crippen molar-refractivity contribution in [2.24, 2.45) is 5.92 Å². The summed E-state index contributed by atoms with van der Waals surface area (Å²) in [5.74, 6) is 1.06. The molecule has 1 aliphatic rings. The van der Waals surface area contributed by atoms with Crippen molar-refractivity contribution in [3.63, 3.8) is 0 Å². The van der Waals surface area contributed by atoms with Crippen molar-refractivity contribution in [2.45, 2.75) is 52.1 Å². The van der Waals surface area contributed by atoms with Crippen LogP contribution in [-0.4, -0.2) is 23.3 Å². The van der Waals surface area contributed by atoms with Crippen LogP contribution in [0.5, 0.6) is 5.75 Å². The Bertz CT molecular complexity index is 431. The van der Waals surface area contributed by atoms with Crippen LogP contribution in [0.2, 0.25) is 0 Å². The van der Waals surface area contributed by atoms with Gasteiger partial charge in [-0.1, -0.05) is 25.8 Å². The average molecular weight is 277 g/mol. The van der Waals surface area contributed by atoms with Crippen molar-refractivity contribution >= 4 is 5.69 Å². The molecule has 0 aliphatic carbocycles. The molecule has 1 heterocycles. The largest absolute Gasteiger partial charge is 0.507 e. The summed E-state index contributed by atoms with van der Waals surface area (Å²) in [7, 11) is 0. The van der Waals surface area contributed by atoms with Gasteiger partial charge in [-0.15, -0.1) is 0 Å². The SMILES string of the molecule is CCCC1CCCN(c2ccc(C(C)O)c(O)c2)CC1. The zero-order valence-corrected chi connectivity index (χ0v) is 12.7. The van der Waals surface area contributed by atoms with Crippen molar-refractivity contribution in [1.82, 2.24) is 0 Å². The van der Waals surface area contributed by atoms with E-state index in [0.717, 1.165) is 24.7 Å². The molecule has 0 amide bonds. The highest BCUT2D eigenvalue weighted by Crippen LogP contribution is 2.31. The molecule has 2 N–H and O–H groups in total. The maximum Gasteiger partial charge on any atom is 0.123 e. The van der Waals surface area contributed by atoms with Crippen molar-refractivity contribution in [1.29, 1.82) is 0 Å². The average Bonchev–Trinajstić information content (AvgIpc) is 2.64. The van der Waals surface area contributed by atoms with Gasteiger partial charge in [-0.2, -0.15) is 0 Å². The van der Waals surface area contributed by atoms with E-state index in [0.29, 0.717) is 5.56 Å². The van der Waals surface area contributed by atoms with Gasteiger partial charge in [-0.3, -0.25) is 0 Å². The van der Waals surface area contributed by atoms with E-state index < -0.39 is 6.10 Å². The Morgan fingerprint density at radius 1 is 1.30 bits per heavy atom. The molecular weight excluding hydrogens is 250 g/mol. The van der Waals surface area contributed by atoms with Crippen LogP contribution in [0.15, 0.2) is 18.2 Å². The molecule has 2 atom stereocenters. The molecule has 0 spiro atoms. The fourth-order valence-electron chi connectivity index (χ4n) is 3.20. The van der Waals surface area contributed by atoms with Gasteiger partial charge in [0.1, 0.15) is 5.75 Å². The number of aliphatic hydroxyl groups is 1. The summed E-state index contributed by atoms with van der Waals surface area (Å²) in [5.41, 5.74) is 1.68. The van der Waals surface area contributed by atoms with Crippen LogP contribution < -0.4 is 4.90 Å². The topological polar surface area (TPSA) is 43.7 Å². The Hall–Kier alpha value is -1.22. The minimum Gasteiger partial charge on any atom is -0.507 e. The van der Waals surface area contributed by atoms with Crippen LogP contribution in [-0.2, 0) is 0 Å². The minimum absolute atomic E-state index is 0.201. The van der Waals surface area contributed by atoms with E-state index in [4.69, 9.17) is 0 Å². The lowest BCUT2D eigenvalue weighted by Gasteiger charge is -2.24. The number of aromatic hydroxyl groups is 1. The van der Waals surface area contributed by atoms with Crippen LogP contribution in [0.1, 0.15) is 57.6 Å². The summed E-state index contributed by atoms with van der Waals surface area (Å²) in [6, 6.07) is 5.65.